The number of hydrogen-bond acceptors (Lipinski definition) is 4. The van der Waals surface area contributed by atoms with Crippen LogP contribution in [0.4, 0.5) is 5.95 Å². The molecule has 1 aliphatic rings. The maximum atomic E-state index is 12.0. The Bertz CT molecular complexity index is 736. The summed E-state index contributed by atoms with van der Waals surface area (Å²) in [6.45, 7) is 6.66. The van der Waals surface area contributed by atoms with Crippen LogP contribution in [-0.2, 0) is 19.5 Å². The highest BCUT2D eigenvalue weighted by Gasteiger charge is 2.21. The number of H-pyrrole nitrogens is 1. The van der Waals surface area contributed by atoms with Gasteiger partial charge in [-0.3, -0.25) is 14.7 Å². The van der Waals surface area contributed by atoms with Gasteiger partial charge in [0.25, 0.3) is 5.56 Å². The van der Waals surface area contributed by atoms with Gasteiger partial charge in [-0.1, -0.05) is 18.2 Å². The second-order valence-corrected chi connectivity index (χ2v) is 5.70. The van der Waals surface area contributed by atoms with Crippen molar-refractivity contribution in [2.45, 2.75) is 33.4 Å². The van der Waals surface area contributed by atoms with Crippen LogP contribution in [0, 0.1) is 13.8 Å². The molecule has 110 valence electrons. The number of aromatic amines is 1. The lowest BCUT2D eigenvalue weighted by Gasteiger charge is -2.28. The quantitative estimate of drug-likeness (QED) is 0.877. The number of fused-ring (bicyclic) bond motifs is 1. The first-order valence-electron chi connectivity index (χ1n) is 7.19. The molecule has 2 heterocycles. The van der Waals surface area contributed by atoms with Crippen molar-refractivity contribution in [1.82, 2.24) is 14.9 Å². The zero-order valence-corrected chi connectivity index (χ0v) is 12.4. The van der Waals surface area contributed by atoms with Crippen LogP contribution in [0.3, 0.4) is 0 Å². The lowest BCUT2D eigenvalue weighted by molar-refractivity contribution is 0.241. The summed E-state index contributed by atoms with van der Waals surface area (Å²) in [6.07, 6.45) is 0.772. The third-order valence-corrected chi connectivity index (χ3v) is 4.28. The van der Waals surface area contributed by atoms with Crippen LogP contribution < -0.4 is 11.3 Å². The third kappa shape index (κ3) is 2.69. The normalized spacial score (nSPS) is 15.0. The molecule has 0 atom stereocenters. The fourth-order valence-electron chi connectivity index (χ4n) is 2.86. The summed E-state index contributed by atoms with van der Waals surface area (Å²) in [5.41, 5.74) is 11.0. The van der Waals surface area contributed by atoms with Crippen LogP contribution in [0.1, 0.15) is 27.9 Å². The molecule has 0 aliphatic carbocycles. The maximum absolute atomic E-state index is 12.0. The fraction of sp³-hybridized carbons (Fsp3) is 0.375. The Labute approximate surface area is 123 Å². The minimum atomic E-state index is -0.108. The highest BCUT2D eigenvalue weighted by molar-refractivity contribution is 5.33. The van der Waals surface area contributed by atoms with E-state index in [1.165, 1.54) is 16.7 Å². The van der Waals surface area contributed by atoms with Gasteiger partial charge in [-0.15, -0.1) is 0 Å². The Kier molecular flexibility index (Phi) is 3.51. The minimum Gasteiger partial charge on any atom is -0.369 e. The zero-order chi connectivity index (χ0) is 15.0. The van der Waals surface area contributed by atoms with Crippen LogP contribution in [0.15, 0.2) is 23.0 Å². The molecular weight excluding hydrogens is 264 g/mol. The number of nitrogen functional groups attached to an aromatic ring is 1. The molecule has 3 N–H and O–H groups in total. The van der Waals surface area contributed by atoms with Crippen molar-refractivity contribution < 1.29 is 0 Å². The number of rotatable bonds is 2. The molecular formula is C16H20N4O. The van der Waals surface area contributed by atoms with Crippen molar-refractivity contribution in [1.29, 1.82) is 0 Å². The second kappa shape index (κ2) is 5.33. The number of aromatic nitrogens is 2. The fourth-order valence-corrected chi connectivity index (χ4v) is 2.86. The van der Waals surface area contributed by atoms with Crippen molar-refractivity contribution in [2.75, 3.05) is 12.3 Å². The molecule has 1 aliphatic heterocycles. The molecule has 0 spiro atoms. The Hall–Kier alpha value is -2.14. The molecule has 0 saturated heterocycles. The number of benzene rings is 1. The first-order chi connectivity index (χ1) is 10.0. The molecule has 5 nitrogen and oxygen atoms in total. The largest absolute Gasteiger partial charge is 0.369 e. The summed E-state index contributed by atoms with van der Waals surface area (Å²) in [4.78, 5) is 21.1. The van der Waals surface area contributed by atoms with Crippen LogP contribution >= 0.6 is 0 Å². The highest BCUT2D eigenvalue weighted by atomic mass is 16.1. The molecule has 0 fully saturated rings. The van der Waals surface area contributed by atoms with E-state index in [-0.39, 0.29) is 11.5 Å². The van der Waals surface area contributed by atoms with E-state index in [2.05, 4.69) is 46.9 Å². The average molecular weight is 284 g/mol. The molecule has 21 heavy (non-hydrogen) atoms. The Morgan fingerprint density at radius 1 is 1.38 bits per heavy atom. The number of anilines is 1. The van der Waals surface area contributed by atoms with Crippen molar-refractivity contribution in [3.05, 3.63) is 56.5 Å². The predicted molar refractivity (Wildman–Crippen MR) is 83.0 cm³/mol. The SMILES string of the molecule is Cc1cccc(CN2CCc3nc(N)[nH]c(=O)c3C2)c1C. The van der Waals surface area contributed by atoms with Gasteiger partial charge < -0.3 is 5.73 Å². The predicted octanol–water partition coefficient (Wildman–Crippen LogP) is 1.53. The van der Waals surface area contributed by atoms with Gasteiger partial charge in [-0.2, -0.15) is 0 Å². The van der Waals surface area contributed by atoms with Gasteiger partial charge >= 0.3 is 0 Å². The first-order valence-corrected chi connectivity index (χ1v) is 7.19. The van der Waals surface area contributed by atoms with E-state index in [1.807, 2.05) is 0 Å². The summed E-state index contributed by atoms with van der Waals surface area (Å²) < 4.78 is 0. The van der Waals surface area contributed by atoms with Crippen molar-refractivity contribution >= 4 is 5.95 Å². The monoisotopic (exact) mass is 284 g/mol. The van der Waals surface area contributed by atoms with Gasteiger partial charge in [-0.05, 0) is 30.5 Å². The van der Waals surface area contributed by atoms with E-state index in [1.54, 1.807) is 0 Å². The maximum Gasteiger partial charge on any atom is 0.257 e. The number of aryl methyl sites for hydroxylation is 1. The number of hydrogen-bond donors (Lipinski definition) is 2. The van der Waals surface area contributed by atoms with Crippen molar-refractivity contribution in [3.63, 3.8) is 0 Å². The molecule has 3 rings (SSSR count). The van der Waals surface area contributed by atoms with Gasteiger partial charge in [0.15, 0.2) is 0 Å². The lowest BCUT2D eigenvalue weighted by Crippen LogP contribution is -2.35. The minimum absolute atomic E-state index is 0.108. The summed E-state index contributed by atoms with van der Waals surface area (Å²) in [6, 6.07) is 6.37. The summed E-state index contributed by atoms with van der Waals surface area (Å²) in [5.74, 6) is 0.210. The molecule has 0 saturated carbocycles. The van der Waals surface area contributed by atoms with Crippen LogP contribution in [0.2, 0.25) is 0 Å². The topological polar surface area (TPSA) is 75.0 Å². The van der Waals surface area contributed by atoms with E-state index in [0.29, 0.717) is 6.54 Å². The summed E-state index contributed by atoms with van der Waals surface area (Å²) in [7, 11) is 0. The number of nitrogens with two attached hydrogens (primary N) is 1. The van der Waals surface area contributed by atoms with Gasteiger partial charge in [-0.25, -0.2) is 4.98 Å². The molecule has 5 heteroatoms. The number of nitrogens with zero attached hydrogens (tertiary/aromatic N) is 2. The van der Waals surface area contributed by atoms with Crippen molar-refractivity contribution in [2.24, 2.45) is 0 Å². The van der Waals surface area contributed by atoms with Gasteiger partial charge in [0, 0.05) is 26.1 Å². The van der Waals surface area contributed by atoms with Gasteiger partial charge in [0.1, 0.15) is 0 Å². The molecule has 2 aromatic rings. The Morgan fingerprint density at radius 3 is 3.00 bits per heavy atom. The molecule has 1 aromatic carbocycles. The van der Waals surface area contributed by atoms with E-state index in [4.69, 9.17) is 5.73 Å². The highest BCUT2D eigenvalue weighted by Crippen LogP contribution is 2.19. The molecule has 0 bridgehead atoms. The van der Waals surface area contributed by atoms with Crippen molar-refractivity contribution in [3.8, 4) is 0 Å². The molecule has 1 aromatic heterocycles. The first kappa shape index (κ1) is 13.8. The molecule has 0 radical (unpaired) electrons. The Morgan fingerprint density at radius 2 is 2.19 bits per heavy atom. The Balaban J connectivity index is 1.84. The summed E-state index contributed by atoms with van der Waals surface area (Å²) >= 11 is 0. The average Bonchev–Trinajstić information content (AvgIpc) is 2.44. The smallest absolute Gasteiger partial charge is 0.257 e. The molecule has 0 amide bonds. The van der Waals surface area contributed by atoms with E-state index in [9.17, 15) is 4.79 Å². The van der Waals surface area contributed by atoms with Crippen LogP contribution in [0.25, 0.3) is 0 Å². The van der Waals surface area contributed by atoms with Crippen LogP contribution in [0.5, 0.6) is 0 Å². The van der Waals surface area contributed by atoms with Gasteiger partial charge in [0.2, 0.25) is 5.95 Å². The van der Waals surface area contributed by atoms with Gasteiger partial charge in [0.05, 0.1) is 11.3 Å². The summed E-state index contributed by atoms with van der Waals surface area (Å²) in [5, 5.41) is 0. The molecule has 0 unspecified atom stereocenters. The zero-order valence-electron chi connectivity index (χ0n) is 12.4. The standard InChI is InChI=1S/C16H20N4O/c1-10-4-3-5-12(11(10)2)8-20-7-6-14-13(9-20)15(21)19-16(17)18-14/h3-5H,6-9H2,1-2H3,(H3,17,18,19,21). The van der Waals surface area contributed by atoms with E-state index in [0.717, 1.165) is 30.8 Å². The second-order valence-electron chi connectivity index (χ2n) is 5.70. The van der Waals surface area contributed by atoms with E-state index < -0.39 is 0 Å². The van der Waals surface area contributed by atoms with E-state index >= 15 is 0 Å². The third-order valence-electron chi connectivity index (χ3n) is 4.28. The number of nitrogens with one attached hydrogen (secondary N) is 1. The van der Waals surface area contributed by atoms with Crippen LogP contribution in [-0.4, -0.2) is 21.4 Å². The lowest BCUT2D eigenvalue weighted by atomic mass is 10.0.